The molecule has 1 unspecified atom stereocenters. The maximum atomic E-state index is 12.7. The molecule has 1 saturated carbocycles. The first-order valence-electron chi connectivity index (χ1n) is 11.6. The van der Waals surface area contributed by atoms with Gasteiger partial charge in [-0.25, -0.2) is 4.68 Å². The minimum atomic E-state index is -4.31. The van der Waals surface area contributed by atoms with Crippen molar-refractivity contribution in [2.24, 2.45) is 5.73 Å². The third-order valence-corrected chi connectivity index (χ3v) is 6.56. The molecule has 12 heteroatoms. The first-order valence-corrected chi connectivity index (χ1v) is 11.6. The van der Waals surface area contributed by atoms with Crippen LogP contribution in [0, 0.1) is 0 Å². The summed E-state index contributed by atoms with van der Waals surface area (Å²) in [4.78, 5) is 24.9. The first-order chi connectivity index (χ1) is 17.3. The van der Waals surface area contributed by atoms with Gasteiger partial charge in [0.05, 0.1) is 11.5 Å². The number of rotatable bonds is 9. The largest absolute Gasteiger partial charge is 0.389 e. The molecule has 0 spiro atoms. The Morgan fingerprint density at radius 3 is 2.49 bits per heavy atom. The molecule has 196 valence electrons. The van der Waals surface area contributed by atoms with Gasteiger partial charge in [-0.3, -0.25) is 14.9 Å². The molecule has 1 aliphatic rings. The standard InChI is InChI=1S/C25H27F3N6O3/c1-13(8-9-25(26,27)28)17-12-18(37-33-17)31-23(36)14(2)15-4-6-16(7-5-15)20-19(22(30)35)21(29)34(32-20)24(3)10-11-24/h4-7,12,14H,1,8-11,29H2,2-3H3,(H2,30,35)(H,31,36). The number of nitrogens with one attached hydrogen (secondary N) is 1. The lowest BCUT2D eigenvalue weighted by molar-refractivity contribution is -0.133. The number of hydrogen-bond acceptors (Lipinski definition) is 6. The Kier molecular flexibility index (Phi) is 6.61. The summed E-state index contributed by atoms with van der Waals surface area (Å²) in [5, 5.41) is 10.8. The Balaban J connectivity index is 1.45. The fourth-order valence-electron chi connectivity index (χ4n) is 3.91. The van der Waals surface area contributed by atoms with Crippen LogP contribution in [0.1, 0.15) is 67.1 Å². The van der Waals surface area contributed by atoms with Crippen molar-refractivity contribution in [1.29, 1.82) is 0 Å². The summed E-state index contributed by atoms with van der Waals surface area (Å²) in [6.45, 7) is 7.28. The summed E-state index contributed by atoms with van der Waals surface area (Å²) in [6.07, 6.45) is -3.86. The molecule has 2 aromatic heterocycles. The molecule has 4 rings (SSSR count). The van der Waals surface area contributed by atoms with Crippen LogP contribution in [-0.2, 0) is 10.3 Å². The number of anilines is 2. The number of amides is 2. The van der Waals surface area contributed by atoms with E-state index in [1.807, 2.05) is 6.92 Å². The molecule has 1 aliphatic carbocycles. The van der Waals surface area contributed by atoms with Gasteiger partial charge in [0.1, 0.15) is 22.8 Å². The first kappa shape index (κ1) is 26.0. The van der Waals surface area contributed by atoms with E-state index < -0.39 is 30.3 Å². The lowest BCUT2D eigenvalue weighted by atomic mass is 9.97. The lowest BCUT2D eigenvalue weighted by Gasteiger charge is -2.11. The van der Waals surface area contributed by atoms with Gasteiger partial charge in [0.2, 0.25) is 11.8 Å². The van der Waals surface area contributed by atoms with Crippen LogP contribution in [0.3, 0.4) is 0 Å². The van der Waals surface area contributed by atoms with Crippen LogP contribution < -0.4 is 16.8 Å². The number of alkyl halides is 3. The molecule has 9 nitrogen and oxygen atoms in total. The maximum Gasteiger partial charge on any atom is 0.389 e. The van der Waals surface area contributed by atoms with Gasteiger partial charge in [-0.15, -0.1) is 0 Å². The van der Waals surface area contributed by atoms with E-state index in [4.69, 9.17) is 16.0 Å². The quantitative estimate of drug-likeness (QED) is 0.372. The predicted octanol–water partition coefficient (Wildman–Crippen LogP) is 4.83. The summed E-state index contributed by atoms with van der Waals surface area (Å²) >= 11 is 0. The van der Waals surface area contributed by atoms with Gasteiger partial charge in [-0.2, -0.15) is 18.3 Å². The number of primary amides is 1. The third-order valence-electron chi connectivity index (χ3n) is 6.56. The number of aromatic nitrogens is 3. The van der Waals surface area contributed by atoms with Gasteiger partial charge >= 0.3 is 6.18 Å². The van der Waals surface area contributed by atoms with E-state index in [9.17, 15) is 22.8 Å². The molecule has 5 N–H and O–H groups in total. The summed E-state index contributed by atoms with van der Waals surface area (Å²) in [5.41, 5.74) is 13.7. The molecule has 1 aromatic carbocycles. The van der Waals surface area contributed by atoms with E-state index in [1.54, 1.807) is 35.9 Å². The molecule has 0 bridgehead atoms. The number of nitrogen functional groups attached to an aromatic ring is 1. The van der Waals surface area contributed by atoms with Crippen LogP contribution in [0.2, 0.25) is 0 Å². The lowest BCUT2D eigenvalue weighted by Crippen LogP contribution is -2.19. The number of nitrogens with two attached hydrogens (primary N) is 2. The second-order valence-electron chi connectivity index (χ2n) is 9.51. The highest BCUT2D eigenvalue weighted by Gasteiger charge is 2.43. The second-order valence-corrected chi connectivity index (χ2v) is 9.51. The molecule has 0 radical (unpaired) electrons. The van der Waals surface area contributed by atoms with E-state index in [2.05, 4.69) is 22.2 Å². The molecular weight excluding hydrogens is 489 g/mol. The maximum absolute atomic E-state index is 12.7. The molecule has 3 aromatic rings. The van der Waals surface area contributed by atoms with Crippen LogP contribution in [-0.4, -0.2) is 32.9 Å². The van der Waals surface area contributed by atoms with Crippen LogP contribution in [0.5, 0.6) is 0 Å². The highest BCUT2D eigenvalue weighted by atomic mass is 19.4. The van der Waals surface area contributed by atoms with Gasteiger partial charge in [0.15, 0.2) is 0 Å². The molecular formula is C25H27F3N6O3. The number of benzene rings is 1. The van der Waals surface area contributed by atoms with Crippen molar-refractivity contribution >= 4 is 29.1 Å². The van der Waals surface area contributed by atoms with Crippen LogP contribution in [0.4, 0.5) is 24.9 Å². The van der Waals surface area contributed by atoms with Crippen molar-refractivity contribution in [3.63, 3.8) is 0 Å². The van der Waals surface area contributed by atoms with E-state index in [-0.39, 0.29) is 40.5 Å². The molecule has 2 amide bonds. The third kappa shape index (κ3) is 5.52. The van der Waals surface area contributed by atoms with Gasteiger partial charge in [-0.1, -0.05) is 36.0 Å². The van der Waals surface area contributed by atoms with Crippen LogP contribution >= 0.6 is 0 Å². The zero-order chi connectivity index (χ0) is 27.1. The monoisotopic (exact) mass is 516 g/mol. The summed E-state index contributed by atoms with van der Waals surface area (Å²) in [5.74, 6) is -1.47. The Labute approximate surface area is 210 Å². The average Bonchev–Trinajstić information content (AvgIpc) is 3.24. The van der Waals surface area contributed by atoms with Crippen molar-refractivity contribution in [1.82, 2.24) is 14.9 Å². The minimum Gasteiger partial charge on any atom is -0.383 e. The molecule has 1 atom stereocenters. The average molecular weight is 517 g/mol. The number of allylic oxidation sites excluding steroid dienone is 1. The number of carbonyl (C=O) groups excluding carboxylic acids is 2. The highest BCUT2D eigenvalue weighted by molar-refractivity contribution is 6.03. The zero-order valence-electron chi connectivity index (χ0n) is 20.4. The van der Waals surface area contributed by atoms with Crippen molar-refractivity contribution in [2.45, 2.75) is 57.2 Å². The smallest absolute Gasteiger partial charge is 0.383 e. The van der Waals surface area contributed by atoms with Crippen molar-refractivity contribution in [2.75, 3.05) is 11.1 Å². The van der Waals surface area contributed by atoms with Gasteiger partial charge < -0.3 is 16.0 Å². The topological polar surface area (TPSA) is 142 Å². The Morgan fingerprint density at radius 1 is 1.27 bits per heavy atom. The van der Waals surface area contributed by atoms with Crippen molar-refractivity contribution in [3.8, 4) is 11.3 Å². The summed E-state index contributed by atoms with van der Waals surface area (Å²) in [6, 6.07) is 8.24. The zero-order valence-corrected chi connectivity index (χ0v) is 20.4. The van der Waals surface area contributed by atoms with Crippen molar-refractivity contribution in [3.05, 3.63) is 53.7 Å². The predicted molar refractivity (Wildman–Crippen MR) is 131 cm³/mol. The van der Waals surface area contributed by atoms with Gasteiger partial charge in [-0.05, 0) is 44.2 Å². The van der Waals surface area contributed by atoms with Gasteiger partial charge in [0, 0.05) is 18.1 Å². The normalized spacial score (nSPS) is 15.3. The minimum absolute atomic E-state index is 0.00249. The molecule has 2 heterocycles. The van der Waals surface area contributed by atoms with Crippen molar-refractivity contribution < 1.29 is 27.3 Å². The fourth-order valence-corrected chi connectivity index (χ4v) is 3.91. The fraction of sp³-hybridized carbons (Fsp3) is 0.360. The van der Waals surface area contributed by atoms with E-state index >= 15 is 0 Å². The molecule has 0 aliphatic heterocycles. The van der Waals surface area contributed by atoms with E-state index in [0.717, 1.165) is 12.8 Å². The number of carbonyl (C=O) groups is 2. The summed E-state index contributed by atoms with van der Waals surface area (Å²) < 4.78 is 44.0. The molecule has 37 heavy (non-hydrogen) atoms. The number of halogens is 3. The SMILES string of the molecule is C=C(CCC(F)(F)F)c1cc(NC(=O)C(C)c2ccc(-c3nn(C4(C)CC4)c(N)c3C(N)=O)cc2)on1. The number of nitrogens with zero attached hydrogens (tertiary/aromatic N) is 3. The van der Waals surface area contributed by atoms with Gasteiger partial charge in [0.25, 0.3) is 5.91 Å². The Hall–Kier alpha value is -4.09. The van der Waals surface area contributed by atoms with Crippen LogP contribution in [0.25, 0.3) is 16.8 Å². The molecule has 0 saturated heterocycles. The summed E-state index contributed by atoms with van der Waals surface area (Å²) in [7, 11) is 0. The van der Waals surface area contributed by atoms with E-state index in [0.29, 0.717) is 16.8 Å². The van der Waals surface area contributed by atoms with E-state index in [1.165, 1.54) is 6.07 Å². The molecule has 1 fully saturated rings. The Morgan fingerprint density at radius 2 is 1.92 bits per heavy atom. The highest BCUT2D eigenvalue weighted by Crippen LogP contribution is 2.45. The second kappa shape index (κ2) is 9.41. The van der Waals surface area contributed by atoms with Crippen LogP contribution in [0.15, 0.2) is 41.4 Å². The number of hydrogen-bond donors (Lipinski definition) is 3. The Bertz CT molecular complexity index is 1350.